The molecule has 0 radical (unpaired) electrons. The molecule has 5 amide bonds. The first-order valence-corrected chi connectivity index (χ1v) is 34.2. The number of halogens is 9. The van der Waals surface area contributed by atoms with Crippen LogP contribution in [0.1, 0.15) is 118 Å². The van der Waals surface area contributed by atoms with Gasteiger partial charge < -0.3 is 40.7 Å². The van der Waals surface area contributed by atoms with Crippen molar-refractivity contribution in [2.75, 3.05) is 62.6 Å². The third kappa shape index (κ3) is 16.0. The van der Waals surface area contributed by atoms with Crippen LogP contribution < -0.4 is 10.6 Å². The highest BCUT2D eigenvalue weighted by atomic mass is 35.5. The molecule has 8 N–H and O–H groups in total. The van der Waals surface area contributed by atoms with Crippen LogP contribution in [0.5, 0.6) is 0 Å². The van der Waals surface area contributed by atoms with Crippen LogP contribution in [-0.4, -0.2) is 164 Å². The number of piperidine rings is 3. The maximum Gasteiger partial charge on any atom is 0.321 e. The van der Waals surface area contributed by atoms with E-state index < -0.39 is 63.4 Å². The van der Waals surface area contributed by atoms with E-state index in [1.54, 1.807) is 52.3 Å². The first kappa shape index (κ1) is 69.1. The lowest BCUT2D eigenvalue weighted by Crippen LogP contribution is -2.49. The molecule has 5 aliphatic rings. The number of benzene rings is 4. The number of hydrogen-bond acceptors (Lipinski definition) is 10. The molecule has 5 fully saturated rings. The average molecular weight is 1370 g/mol. The second kappa shape index (κ2) is 29.1. The van der Waals surface area contributed by atoms with Gasteiger partial charge >= 0.3 is 12.1 Å². The molecule has 3 aromatic heterocycles. The Bertz CT molecular complexity index is 3920. The molecule has 0 bridgehead atoms. The molecule has 7 heterocycles. The summed E-state index contributed by atoms with van der Waals surface area (Å²) >= 11 is 18.1. The Morgan fingerprint density at radius 3 is 1.33 bits per heavy atom. The van der Waals surface area contributed by atoms with Crippen molar-refractivity contribution in [1.29, 1.82) is 0 Å². The van der Waals surface area contributed by atoms with Gasteiger partial charge in [-0.2, -0.15) is 15.3 Å². The molecule has 7 aromatic rings. The number of aromatic nitrogens is 6. The molecule has 1 aliphatic carbocycles. The van der Waals surface area contributed by atoms with Crippen molar-refractivity contribution in [3.8, 4) is 12.3 Å². The van der Waals surface area contributed by atoms with Crippen molar-refractivity contribution in [2.45, 2.75) is 113 Å². The zero-order chi connectivity index (χ0) is 66.6. The van der Waals surface area contributed by atoms with E-state index in [-0.39, 0.29) is 133 Å². The van der Waals surface area contributed by atoms with Gasteiger partial charge in [0.05, 0.1) is 35.1 Å². The molecular formula is C65H74Cl3F6N11O7S. The molecule has 93 heavy (non-hydrogen) atoms. The second-order valence-corrected chi connectivity index (χ2v) is 29.1. The Hall–Kier alpha value is -6.79. The monoisotopic (exact) mass is 1370 g/mol. The second-order valence-electron chi connectivity index (χ2n) is 25.1. The molecule has 4 saturated heterocycles. The summed E-state index contributed by atoms with van der Waals surface area (Å²) in [6.45, 7) is 1.92. The first-order valence-electron chi connectivity index (χ1n) is 31.0. The number of urea groups is 2. The van der Waals surface area contributed by atoms with Crippen molar-refractivity contribution < 1.29 is 60.3 Å². The standard InChI is InChI=1S/C23H21ClF2N4O2.C22H28ClF2N3O3S.C20H25ClF2N4O2/c1-2-14-3-5-18(6-4-14)28-22(32)30-9-7-16(8-10-30)23(25,26)21(31)19-12-17(24)11-15-13-27-29-20(15)19;1-32(31)8-4-14(5-9-32)10-19(29)28-6-2-16(3-7-28)22(24,25)21(30)18-12-17(23)11-15-13-26-27-20(15)18;21-15-8-13-11-25-26-17(13)16(9-15)18(28)20(22,23)14-4-6-27(7-5-14)19(29)24-10-12-2-1-3-12/h1,3-6,11-13,16,21,31H,7-10H2,(H,27,29)(H,28,32);11-14,16,21,30H,1-10H2,(H,26,27);8-9,11-12,14,18,28H,1-7,10H2,(H,24,29)(H,25,26). The summed E-state index contributed by atoms with van der Waals surface area (Å²) in [4.78, 5) is 42.1. The van der Waals surface area contributed by atoms with Crippen LogP contribution in [0.15, 0.2) is 79.3 Å². The van der Waals surface area contributed by atoms with Gasteiger partial charge in [0.25, 0.3) is 17.8 Å². The summed E-state index contributed by atoms with van der Waals surface area (Å²) in [5.74, 6) is -5.28. The normalized spacial score (nSPS) is 20.8. The van der Waals surface area contributed by atoms with Crippen molar-refractivity contribution >= 4 is 107 Å². The lowest BCUT2D eigenvalue weighted by Gasteiger charge is -2.38. The molecular weight excluding hydrogens is 1300 g/mol. The molecule has 28 heteroatoms. The van der Waals surface area contributed by atoms with Gasteiger partial charge in [0.1, 0.15) is 18.3 Å². The number of rotatable bonds is 14. The van der Waals surface area contributed by atoms with Gasteiger partial charge in [0, 0.05) is 141 Å². The number of H-pyrrole nitrogens is 3. The van der Waals surface area contributed by atoms with E-state index in [1.807, 2.05) is 0 Å². The largest absolute Gasteiger partial charge is 0.382 e. The van der Waals surface area contributed by atoms with Gasteiger partial charge in [-0.3, -0.25) is 24.3 Å². The summed E-state index contributed by atoms with van der Waals surface area (Å²) in [6.07, 6.45) is 9.53. The van der Waals surface area contributed by atoms with Crippen LogP contribution in [0, 0.1) is 41.9 Å². The molecule has 4 aliphatic heterocycles. The first-order chi connectivity index (χ1) is 44.2. The Kier molecular flexibility index (Phi) is 21.6. The van der Waals surface area contributed by atoms with E-state index in [0.29, 0.717) is 74.3 Å². The molecule has 12 rings (SSSR count). The Morgan fingerprint density at radius 1 is 0.591 bits per heavy atom. The number of aliphatic hydroxyl groups is 3. The fraction of sp³-hybridized carbons (Fsp3) is 0.492. The minimum absolute atomic E-state index is 0.00517. The fourth-order valence-corrected chi connectivity index (χ4v) is 15.4. The topological polar surface area (TPSA) is 249 Å². The zero-order valence-corrected chi connectivity index (χ0v) is 53.8. The molecule has 4 aromatic carbocycles. The zero-order valence-electron chi connectivity index (χ0n) is 50.7. The van der Waals surface area contributed by atoms with Crippen LogP contribution in [0.25, 0.3) is 32.7 Å². The molecule has 3 unspecified atom stereocenters. The lowest BCUT2D eigenvalue weighted by atomic mass is 9.84. The van der Waals surface area contributed by atoms with Gasteiger partial charge in [0.15, 0.2) is 0 Å². The lowest BCUT2D eigenvalue weighted by molar-refractivity contribution is -0.164. The number of aliphatic hydroxyl groups excluding tert-OH is 3. The number of terminal acetylenes is 1. The number of hydrogen-bond donors (Lipinski definition) is 8. The summed E-state index contributed by atoms with van der Waals surface area (Å²) in [5, 5.41) is 59.4. The predicted molar refractivity (Wildman–Crippen MR) is 347 cm³/mol. The number of nitrogens with one attached hydrogen (secondary N) is 5. The highest BCUT2D eigenvalue weighted by Gasteiger charge is 2.52. The minimum Gasteiger partial charge on any atom is -0.382 e. The van der Waals surface area contributed by atoms with E-state index in [1.165, 1.54) is 48.1 Å². The predicted octanol–water partition coefficient (Wildman–Crippen LogP) is 12.6. The van der Waals surface area contributed by atoms with E-state index in [2.05, 4.69) is 53.0 Å². The van der Waals surface area contributed by atoms with E-state index in [0.717, 1.165) is 25.7 Å². The maximum absolute atomic E-state index is 15.3. The molecule has 0 spiro atoms. The van der Waals surface area contributed by atoms with Gasteiger partial charge in [-0.25, -0.2) is 35.9 Å². The number of fused-ring (bicyclic) bond motifs is 3. The van der Waals surface area contributed by atoms with Crippen molar-refractivity contribution in [3.63, 3.8) is 0 Å². The van der Waals surface area contributed by atoms with E-state index in [4.69, 9.17) is 41.2 Å². The number of amides is 5. The third-order valence-corrected chi connectivity index (χ3v) is 21.6. The minimum atomic E-state index is -3.41. The van der Waals surface area contributed by atoms with Crippen LogP contribution in [-0.2, 0) is 14.3 Å². The Morgan fingerprint density at radius 2 is 0.968 bits per heavy atom. The van der Waals surface area contributed by atoms with Crippen LogP contribution >= 0.6 is 34.8 Å². The van der Waals surface area contributed by atoms with Crippen molar-refractivity contribution in [3.05, 3.63) is 117 Å². The van der Waals surface area contributed by atoms with E-state index in [9.17, 15) is 33.9 Å². The molecule has 500 valence electrons. The number of likely N-dealkylation sites (tertiary alicyclic amines) is 3. The SMILES string of the molecule is C#Cc1ccc(NC(=O)N2CCC(C(F)(F)C(O)c3cc(Cl)cc4cn[nH]c34)CC2)cc1.C=S1(=O)CCC(CC(=O)N2CCC(C(F)(F)C(O)c3cc(Cl)cc4cn[nH]c34)CC2)CC1.O=C(NCC1CCC1)N1CCC(C(F)(F)C(O)c2cc(Cl)cc3cn[nH]c23)CC1. The van der Waals surface area contributed by atoms with Crippen LogP contribution in [0.3, 0.4) is 0 Å². The number of nitrogens with zero attached hydrogens (tertiary/aromatic N) is 6. The highest BCUT2D eigenvalue weighted by Crippen LogP contribution is 2.48. The van der Waals surface area contributed by atoms with Gasteiger partial charge in [-0.1, -0.05) is 47.1 Å². The van der Waals surface area contributed by atoms with Gasteiger partial charge in [-0.05, 0) is 152 Å². The van der Waals surface area contributed by atoms with Gasteiger partial charge in [0.2, 0.25) is 5.91 Å². The molecule has 18 nitrogen and oxygen atoms in total. The smallest absolute Gasteiger partial charge is 0.321 e. The average Bonchev–Trinajstić information content (AvgIpc) is 1.78. The quantitative estimate of drug-likeness (QED) is 0.0291. The van der Waals surface area contributed by atoms with Crippen molar-refractivity contribution in [2.24, 2.45) is 29.6 Å². The van der Waals surface area contributed by atoms with E-state index >= 15 is 26.3 Å². The maximum atomic E-state index is 15.3. The Labute approximate surface area is 548 Å². The number of alkyl halides is 6. The fourth-order valence-electron chi connectivity index (χ4n) is 13.0. The highest BCUT2D eigenvalue weighted by molar-refractivity contribution is 8.00. The third-order valence-electron chi connectivity index (χ3n) is 19.0. The summed E-state index contributed by atoms with van der Waals surface area (Å²) in [5.41, 5.74) is 2.35. The summed E-state index contributed by atoms with van der Waals surface area (Å²) < 4.78 is 103. The Balaban J connectivity index is 0.000000153. The molecule has 3 atom stereocenters. The van der Waals surface area contributed by atoms with Crippen LogP contribution in [0.4, 0.5) is 41.6 Å². The number of anilines is 1. The molecule has 1 saturated carbocycles. The summed E-state index contributed by atoms with van der Waals surface area (Å²) in [6, 6.07) is 15.0. The van der Waals surface area contributed by atoms with Crippen molar-refractivity contribution in [1.82, 2.24) is 50.6 Å². The number of aromatic amines is 3. The number of carbonyl (C=O) groups is 3. The summed E-state index contributed by atoms with van der Waals surface area (Å²) in [7, 11) is -1.99. The van der Waals surface area contributed by atoms with Crippen LogP contribution in [0.2, 0.25) is 15.1 Å². The number of carbonyl (C=O) groups excluding carboxylic acids is 3. The van der Waals surface area contributed by atoms with Gasteiger partial charge in [-0.15, -0.1) is 6.42 Å².